The summed E-state index contributed by atoms with van der Waals surface area (Å²) in [6, 6.07) is 10.7. The Kier molecular flexibility index (Phi) is 3.57. The van der Waals surface area contributed by atoms with Gasteiger partial charge in [-0.25, -0.2) is 12.8 Å². The molecule has 0 bridgehead atoms. The molecular weight excluding hydrogens is 265 g/mol. The number of anilines is 1. The van der Waals surface area contributed by atoms with Gasteiger partial charge in [0.05, 0.1) is 5.75 Å². The summed E-state index contributed by atoms with van der Waals surface area (Å²) >= 11 is 0. The maximum absolute atomic E-state index is 13.7. The summed E-state index contributed by atoms with van der Waals surface area (Å²) in [5.74, 6) is -1.04. The minimum Gasteiger partial charge on any atom is -0.399 e. The summed E-state index contributed by atoms with van der Waals surface area (Å²) in [4.78, 5) is -0.317. The Morgan fingerprint density at radius 1 is 1.11 bits per heavy atom. The molecule has 2 aromatic carbocycles. The van der Waals surface area contributed by atoms with Crippen molar-refractivity contribution < 1.29 is 12.8 Å². The van der Waals surface area contributed by atoms with E-state index in [-0.39, 0.29) is 16.3 Å². The molecule has 0 aromatic heterocycles. The molecule has 2 N–H and O–H groups in total. The van der Waals surface area contributed by atoms with Gasteiger partial charge < -0.3 is 5.73 Å². The number of sulfone groups is 1. The summed E-state index contributed by atoms with van der Waals surface area (Å²) in [6.07, 6.45) is 0. The first-order valence-electron chi connectivity index (χ1n) is 5.72. The molecular formula is C14H14FNO2S. The van der Waals surface area contributed by atoms with E-state index < -0.39 is 15.7 Å². The minimum absolute atomic E-state index is 0.201. The molecule has 0 aliphatic rings. The van der Waals surface area contributed by atoms with Crippen molar-refractivity contribution in [1.29, 1.82) is 0 Å². The molecule has 19 heavy (non-hydrogen) atoms. The van der Waals surface area contributed by atoms with Crippen LogP contribution in [0.25, 0.3) is 0 Å². The third kappa shape index (κ3) is 3.12. The second-order valence-corrected chi connectivity index (χ2v) is 6.39. The van der Waals surface area contributed by atoms with Crippen molar-refractivity contribution in [3.8, 4) is 0 Å². The molecule has 0 unspecified atom stereocenters. The average Bonchev–Trinajstić information content (AvgIpc) is 2.31. The van der Waals surface area contributed by atoms with E-state index in [0.717, 1.165) is 11.6 Å². The first-order valence-corrected chi connectivity index (χ1v) is 7.37. The van der Waals surface area contributed by atoms with Crippen molar-refractivity contribution in [2.24, 2.45) is 0 Å². The van der Waals surface area contributed by atoms with Gasteiger partial charge in [0, 0.05) is 5.69 Å². The maximum Gasteiger partial charge on any atom is 0.185 e. The molecule has 100 valence electrons. The topological polar surface area (TPSA) is 60.2 Å². The van der Waals surface area contributed by atoms with Gasteiger partial charge in [0.1, 0.15) is 10.7 Å². The summed E-state index contributed by atoms with van der Waals surface area (Å²) in [7, 11) is -3.70. The number of hydrogen-bond donors (Lipinski definition) is 1. The lowest BCUT2D eigenvalue weighted by Gasteiger charge is -2.07. The molecule has 0 aliphatic carbocycles. The van der Waals surface area contributed by atoms with Crippen LogP contribution in [0.4, 0.5) is 10.1 Å². The number of aryl methyl sites for hydroxylation is 1. The lowest BCUT2D eigenvalue weighted by atomic mass is 10.2. The van der Waals surface area contributed by atoms with Crippen LogP contribution < -0.4 is 5.73 Å². The largest absolute Gasteiger partial charge is 0.399 e. The van der Waals surface area contributed by atoms with Crippen molar-refractivity contribution in [2.75, 3.05) is 5.73 Å². The monoisotopic (exact) mass is 279 g/mol. The fourth-order valence-corrected chi connectivity index (χ4v) is 3.17. The van der Waals surface area contributed by atoms with Crippen LogP contribution in [0.15, 0.2) is 47.4 Å². The summed E-state index contributed by atoms with van der Waals surface area (Å²) in [5, 5.41) is 0. The number of nitrogen functional groups attached to an aromatic ring is 1. The molecule has 5 heteroatoms. The van der Waals surface area contributed by atoms with Crippen molar-refractivity contribution in [1.82, 2.24) is 0 Å². The molecule has 0 spiro atoms. The fraction of sp³-hybridized carbons (Fsp3) is 0.143. The highest BCUT2D eigenvalue weighted by atomic mass is 32.2. The van der Waals surface area contributed by atoms with E-state index in [0.29, 0.717) is 5.56 Å². The zero-order valence-corrected chi connectivity index (χ0v) is 11.2. The van der Waals surface area contributed by atoms with E-state index in [1.54, 1.807) is 12.1 Å². The molecule has 0 heterocycles. The summed E-state index contributed by atoms with van der Waals surface area (Å²) in [6.45, 7) is 1.91. The Morgan fingerprint density at radius 2 is 1.74 bits per heavy atom. The van der Waals surface area contributed by atoms with Crippen LogP contribution in [-0.2, 0) is 15.6 Å². The number of nitrogens with two attached hydrogens (primary N) is 1. The Labute approximate surface area is 111 Å². The minimum atomic E-state index is -3.70. The molecule has 0 aliphatic heterocycles. The molecule has 0 saturated carbocycles. The predicted octanol–water partition coefficient (Wildman–Crippen LogP) is 2.69. The molecule has 2 rings (SSSR count). The third-order valence-corrected chi connectivity index (χ3v) is 4.48. The number of rotatable bonds is 3. The van der Waals surface area contributed by atoms with Gasteiger partial charge in [-0.3, -0.25) is 0 Å². The SMILES string of the molecule is Cc1ccc(CS(=O)(=O)c2ccc(N)cc2F)cc1. The second-order valence-electron chi connectivity index (χ2n) is 4.43. The van der Waals surface area contributed by atoms with Gasteiger partial charge in [-0.15, -0.1) is 0 Å². The molecule has 0 radical (unpaired) electrons. The molecule has 0 saturated heterocycles. The van der Waals surface area contributed by atoms with Gasteiger partial charge in [-0.1, -0.05) is 29.8 Å². The Bertz CT molecular complexity index is 694. The average molecular weight is 279 g/mol. The van der Waals surface area contributed by atoms with E-state index >= 15 is 0 Å². The van der Waals surface area contributed by atoms with E-state index in [1.165, 1.54) is 12.1 Å². The molecule has 0 atom stereocenters. The maximum atomic E-state index is 13.7. The third-order valence-electron chi connectivity index (χ3n) is 2.77. The van der Waals surface area contributed by atoms with Crippen LogP contribution >= 0.6 is 0 Å². The van der Waals surface area contributed by atoms with Crippen LogP contribution in [0.1, 0.15) is 11.1 Å². The predicted molar refractivity (Wildman–Crippen MR) is 72.9 cm³/mol. The van der Waals surface area contributed by atoms with E-state index in [2.05, 4.69) is 0 Å². The first-order chi connectivity index (χ1) is 8.88. The standard InChI is InChI=1S/C14H14FNO2S/c1-10-2-4-11(5-3-10)9-19(17,18)14-7-6-12(16)8-13(14)15/h2-8H,9,16H2,1H3. The van der Waals surface area contributed by atoms with Crippen LogP contribution in [0.3, 0.4) is 0 Å². The van der Waals surface area contributed by atoms with Gasteiger partial charge in [-0.05, 0) is 30.7 Å². The zero-order valence-electron chi connectivity index (χ0n) is 10.4. The highest BCUT2D eigenvalue weighted by molar-refractivity contribution is 7.90. The van der Waals surface area contributed by atoms with Crippen LogP contribution in [0.5, 0.6) is 0 Å². The Hall–Kier alpha value is -1.88. The quantitative estimate of drug-likeness (QED) is 0.879. The van der Waals surface area contributed by atoms with Gasteiger partial charge >= 0.3 is 0 Å². The van der Waals surface area contributed by atoms with Crippen molar-refractivity contribution >= 4 is 15.5 Å². The Morgan fingerprint density at radius 3 is 2.32 bits per heavy atom. The number of hydrogen-bond acceptors (Lipinski definition) is 3. The Balaban J connectivity index is 2.35. The summed E-state index contributed by atoms with van der Waals surface area (Å²) < 4.78 is 37.9. The van der Waals surface area contributed by atoms with E-state index in [4.69, 9.17) is 5.73 Å². The van der Waals surface area contributed by atoms with Gasteiger partial charge in [0.15, 0.2) is 9.84 Å². The smallest absolute Gasteiger partial charge is 0.185 e. The highest BCUT2D eigenvalue weighted by Gasteiger charge is 2.19. The summed E-state index contributed by atoms with van der Waals surface area (Å²) in [5.41, 5.74) is 7.27. The van der Waals surface area contributed by atoms with Crippen molar-refractivity contribution in [3.05, 3.63) is 59.4 Å². The van der Waals surface area contributed by atoms with Crippen LogP contribution in [-0.4, -0.2) is 8.42 Å². The lowest BCUT2D eigenvalue weighted by Crippen LogP contribution is -2.07. The fourth-order valence-electron chi connectivity index (χ4n) is 1.75. The highest BCUT2D eigenvalue weighted by Crippen LogP contribution is 2.21. The molecule has 0 fully saturated rings. The number of halogens is 1. The van der Waals surface area contributed by atoms with Crippen LogP contribution in [0.2, 0.25) is 0 Å². The van der Waals surface area contributed by atoms with Gasteiger partial charge in [0.25, 0.3) is 0 Å². The van der Waals surface area contributed by atoms with Gasteiger partial charge in [-0.2, -0.15) is 0 Å². The van der Waals surface area contributed by atoms with E-state index in [1.807, 2.05) is 19.1 Å². The molecule has 0 amide bonds. The van der Waals surface area contributed by atoms with Crippen molar-refractivity contribution in [2.45, 2.75) is 17.6 Å². The van der Waals surface area contributed by atoms with Crippen molar-refractivity contribution in [3.63, 3.8) is 0 Å². The first kappa shape index (κ1) is 13.5. The molecule has 2 aromatic rings. The van der Waals surface area contributed by atoms with Crippen LogP contribution in [0, 0.1) is 12.7 Å². The van der Waals surface area contributed by atoms with E-state index in [9.17, 15) is 12.8 Å². The second kappa shape index (κ2) is 5.01. The zero-order chi connectivity index (χ0) is 14.0. The number of benzene rings is 2. The molecule has 3 nitrogen and oxygen atoms in total. The normalized spacial score (nSPS) is 11.5. The van der Waals surface area contributed by atoms with Gasteiger partial charge in [0.2, 0.25) is 0 Å². The lowest BCUT2D eigenvalue weighted by molar-refractivity contribution is 0.567.